The van der Waals surface area contributed by atoms with Gasteiger partial charge < -0.3 is 10.2 Å². The second-order valence-corrected chi connectivity index (χ2v) is 7.99. The Balaban J connectivity index is 2.19. The number of carbonyl (C=O) groups is 2. The van der Waals surface area contributed by atoms with Gasteiger partial charge in [-0.3, -0.25) is 9.59 Å². The van der Waals surface area contributed by atoms with Gasteiger partial charge in [0.25, 0.3) is 0 Å². The SMILES string of the molecule is Cc1ccc(CC(=O)N(Cc2cccc(C)c2)C(C)C(=O)NCC(C)C)cc1. The Kier molecular flexibility index (Phi) is 7.80. The number of hydrogen-bond donors (Lipinski definition) is 1. The molecule has 4 heteroatoms. The molecule has 28 heavy (non-hydrogen) atoms. The van der Waals surface area contributed by atoms with E-state index >= 15 is 0 Å². The van der Waals surface area contributed by atoms with Crippen LogP contribution in [0.2, 0.25) is 0 Å². The molecule has 0 saturated heterocycles. The molecule has 0 fully saturated rings. The standard InChI is InChI=1S/C24H32N2O2/c1-17(2)15-25-24(28)20(5)26(16-22-8-6-7-19(4)13-22)23(27)14-21-11-9-18(3)10-12-21/h6-13,17,20H,14-16H2,1-5H3,(H,25,28). The van der Waals surface area contributed by atoms with Crippen LogP contribution in [0.15, 0.2) is 48.5 Å². The minimum Gasteiger partial charge on any atom is -0.354 e. The average molecular weight is 381 g/mol. The van der Waals surface area contributed by atoms with Crippen molar-refractivity contribution < 1.29 is 9.59 Å². The van der Waals surface area contributed by atoms with Crippen LogP contribution in [0.3, 0.4) is 0 Å². The first-order valence-electron chi connectivity index (χ1n) is 9.94. The van der Waals surface area contributed by atoms with Crippen molar-refractivity contribution in [3.05, 3.63) is 70.8 Å². The van der Waals surface area contributed by atoms with Crippen molar-refractivity contribution in [2.24, 2.45) is 5.92 Å². The van der Waals surface area contributed by atoms with Gasteiger partial charge in [-0.15, -0.1) is 0 Å². The maximum absolute atomic E-state index is 13.1. The largest absolute Gasteiger partial charge is 0.354 e. The normalized spacial score (nSPS) is 11.9. The van der Waals surface area contributed by atoms with Gasteiger partial charge in [0.05, 0.1) is 6.42 Å². The third-order valence-corrected chi connectivity index (χ3v) is 4.76. The van der Waals surface area contributed by atoms with E-state index in [1.807, 2.05) is 56.3 Å². The number of hydrogen-bond acceptors (Lipinski definition) is 2. The lowest BCUT2D eigenvalue weighted by Crippen LogP contribution is -2.48. The Morgan fingerprint density at radius 2 is 1.61 bits per heavy atom. The van der Waals surface area contributed by atoms with Crippen LogP contribution in [0.1, 0.15) is 43.0 Å². The number of benzene rings is 2. The summed E-state index contributed by atoms with van der Waals surface area (Å²) in [5.74, 6) is 0.209. The van der Waals surface area contributed by atoms with E-state index in [-0.39, 0.29) is 18.2 Å². The van der Waals surface area contributed by atoms with E-state index in [0.29, 0.717) is 19.0 Å². The van der Waals surface area contributed by atoms with Gasteiger partial charge in [0.1, 0.15) is 6.04 Å². The molecule has 150 valence electrons. The lowest BCUT2D eigenvalue weighted by molar-refractivity contribution is -0.140. The van der Waals surface area contributed by atoms with Crippen LogP contribution in [0.4, 0.5) is 0 Å². The molecule has 0 bridgehead atoms. The monoisotopic (exact) mass is 380 g/mol. The van der Waals surface area contributed by atoms with Crippen molar-refractivity contribution in [2.75, 3.05) is 6.54 Å². The fraction of sp³-hybridized carbons (Fsp3) is 0.417. The van der Waals surface area contributed by atoms with Crippen molar-refractivity contribution in [1.82, 2.24) is 10.2 Å². The first-order chi connectivity index (χ1) is 13.3. The van der Waals surface area contributed by atoms with Gasteiger partial charge in [-0.2, -0.15) is 0 Å². The summed E-state index contributed by atoms with van der Waals surface area (Å²) in [5.41, 5.74) is 4.29. The summed E-state index contributed by atoms with van der Waals surface area (Å²) in [6, 6.07) is 15.5. The van der Waals surface area contributed by atoms with Crippen molar-refractivity contribution in [1.29, 1.82) is 0 Å². The van der Waals surface area contributed by atoms with Crippen LogP contribution in [-0.2, 0) is 22.6 Å². The van der Waals surface area contributed by atoms with Crippen molar-refractivity contribution in [3.8, 4) is 0 Å². The Hall–Kier alpha value is -2.62. The quantitative estimate of drug-likeness (QED) is 0.751. The van der Waals surface area contributed by atoms with E-state index in [1.54, 1.807) is 11.8 Å². The smallest absolute Gasteiger partial charge is 0.242 e. The maximum Gasteiger partial charge on any atom is 0.242 e. The van der Waals surface area contributed by atoms with Crippen molar-refractivity contribution in [3.63, 3.8) is 0 Å². The van der Waals surface area contributed by atoms with Gasteiger partial charge in [-0.25, -0.2) is 0 Å². The maximum atomic E-state index is 13.1. The molecular formula is C24H32N2O2. The lowest BCUT2D eigenvalue weighted by atomic mass is 10.1. The molecule has 2 aromatic carbocycles. The molecule has 0 radical (unpaired) electrons. The van der Waals surface area contributed by atoms with Gasteiger partial charge in [-0.05, 0) is 37.8 Å². The first kappa shape index (κ1) is 21.7. The molecule has 4 nitrogen and oxygen atoms in total. The van der Waals surface area contributed by atoms with Crippen LogP contribution in [0.5, 0.6) is 0 Å². The topological polar surface area (TPSA) is 49.4 Å². The highest BCUT2D eigenvalue weighted by molar-refractivity contribution is 5.88. The number of amides is 2. The highest BCUT2D eigenvalue weighted by atomic mass is 16.2. The van der Waals surface area contributed by atoms with Crippen molar-refractivity contribution >= 4 is 11.8 Å². The molecule has 0 saturated carbocycles. The summed E-state index contributed by atoms with van der Waals surface area (Å²) in [6.07, 6.45) is 0.286. The number of nitrogens with zero attached hydrogens (tertiary/aromatic N) is 1. The highest BCUT2D eigenvalue weighted by Crippen LogP contribution is 2.14. The number of nitrogens with one attached hydrogen (secondary N) is 1. The molecule has 0 heterocycles. The van der Waals surface area contributed by atoms with Crippen molar-refractivity contribution in [2.45, 2.75) is 53.6 Å². The third kappa shape index (κ3) is 6.52. The number of carbonyl (C=O) groups excluding carboxylic acids is 2. The van der Waals surface area contributed by atoms with Gasteiger partial charge in [-0.1, -0.05) is 73.5 Å². The summed E-state index contributed by atoms with van der Waals surface area (Å²) in [4.78, 5) is 27.4. The Bertz CT molecular complexity index is 797. The Labute approximate surface area is 169 Å². The molecule has 1 unspecified atom stereocenters. The fourth-order valence-electron chi connectivity index (χ4n) is 3.02. The van der Waals surface area contributed by atoms with E-state index in [1.165, 1.54) is 0 Å². The van der Waals surface area contributed by atoms with Gasteiger partial charge in [0.2, 0.25) is 11.8 Å². The molecule has 0 aliphatic heterocycles. The molecule has 1 N–H and O–H groups in total. The molecule has 2 aromatic rings. The summed E-state index contributed by atoms with van der Waals surface area (Å²) < 4.78 is 0. The molecule has 0 spiro atoms. The molecule has 0 aromatic heterocycles. The van der Waals surface area contributed by atoms with E-state index in [0.717, 1.165) is 22.3 Å². The molecule has 2 amide bonds. The molecule has 0 aliphatic rings. The average Bonchev–Trinajstić information content (AvgIpc) is 2.65. The number of rotatable bonds is 8. The van der Waals surface area contributed by atoms with Crippen LogP contribution < -0.4 is 5.32 Å². The summed E-state index contributed by atoms with van der Waals surface area (Å²) in [6.45, 7) is 11.0. The van der Waals surface area contributed by atoms with E-state index in [4.69, 9.17) is 0 Å². The molecule has 1 atom stereocenters. The van der Waals surface area contributed by atoms with Gasteiger partial charge in [0.15, 0.2) is 0 Å². The minimum atomic E-state index is -0.530. The zero-order chi connectivity index (χ0) is 20.7. The van der Waals surface area contributed by atoms with Crippen LogP contribution >= 0.6 is 0 Å². The zero-order valence-corrected chi connectivity index (χ0v) is 17.7. The van der Waals surface area contributed by atoms with Crippen LogP contribution in [0, 0.1) is 19.8 Å². The van der Waals surface area contributed by atoms with Crippen LogP contribution in [0.25, 0.3) is 0 Å². The van der Waals surface area contributed by atoms with E-state index in [9.17, 15) is 9.59 Å². The second kappa shape index (κ2) is 10.1. The van der Waals surface area contributed by atoms with Gasteiger partial charge >= 0.3 is 0 Å². The fourth-order valence-corrected chi connectivity index (χ4v) is 3.02. The predicted octanol–water partition coefficient (Wildman–Crippen LogP) is 4.04. The minimum absolute atomic E-state index is 0.0439. The first-order valence-corrected chi connectivity index (χ1v) is 9.94. The Morgan fingerprint density at radius 1 is 0.929 bits per heavy atom. The van der Waals surface area contributed by atoms with Crippen LogP contribution in [-0.4, -0.2) is 29.3 Å². The highest BCUT2D eigenvalue weighted by Gasteiger charge is 2.26. The predicted molar refractivity (Wildman–Crippen MR) is 114 cm³/mol. The third-order valence-electron chi connectivity index (χ3n) is 4.76. The van der Waals surface area contributed by atoms with E-state index in [2.05, 4.69) is 25.2 Å². The summed E-state index contributed by atoms with van der Waals surface area (Å²) in [5, 5.41) is 2.95. The lowest BCUT2D eigenvalue weighted by Gasteiger charge is -2.29. The molecular weight excluding hydrogens is 348 g/mol. The zero-order valence-electron chi connectivity index (χ0n) is 17.7. The Morgan fingerprint density at radius 3 is 2.21 bits per heavy atom. The molecule has 2 rings (SSSR count). The van der Waals surface area contributed by atoms with E-state index < -0.39 is 6.04 Å². The molecule has 0 aliphatic carbocycles. The second-order valence-electron chi connectivity index (χ2n) is 7.99. The summed E-state index contributed by atoms with van der Waals surface area (Å²) >= 11 is 0. The van der Waals surface area contributed by atoms with Gasteiger partial charge in [0, 0.05) is 13.1 Å². The summed E-state index contributed by atoms with van der Waals surface area (Å²) in [7, 11) is 0. The number of aryl methyl sites for hydroxylation is 2.